The zero-order valence-corrected chi connectivity index (χ0v) is 22.2. The molecule has 0 aromatic heterocycles. The average molecular weight is 511 g/mol. The molecule has 38 heavy (non-hydrogen) atoms. The number of ether oxygens (including phenoxy) is 3. The Hall–Kier alpha value is -4.06. The zero-order valence-electron chi connectivity index (χ0n) is 22.2. The molecule has 0 N–H and O–H groups in total. The lowest BCUT2D eigenvalue weighted by Crippen LogP contribution is -2.31. The van der Waals surface area contributed by atoms with Crippen LogP contribution in [0.3, 0.4) is 0 Å². The maximum atomic E-state index is 13.8. The highest BCUT2D eigenvalue weighted by Gasteiger charge is 2.44. The predicted octanol–water partition coefficient (Wildman–Crippen LogP) is 6.93. The first kappa shape index (κ1) is 25.6. The summed E-state index contributed by atoms with van der Waals surface area (Å²) in [5.41, 5.74) is 4.93. The van der Waals surface area contributed by atoms with Gasteiger partial charge in [0, 0.05) is 11.5 Å². The van der Waals surface area contributed by atoms with E-state index in [0.29, 0.717) is 24.5 Å². The summed E-state index contributed by atoms with van der Waals surface area (Å²) in [6.45, 7) is 5.21. The van der Waals surface area contributed by atoms with Gasteiger partial charge >= 0.3 is 0 Å². The molecule has 1 saturated carbocycles. The van der Waals surface area contributed by atoms with Gasteiger partial charge in [0.05, 0.1) is 32.1 Å². The summed E-state index contributed by atoms with van der Waals surface area (Å²) >= 11 is 0. The highest BCUT2D eigenvalue weighted by Crippen LogP contribution is 2.45. The molecule has 2 atom stereocenters. The fourth-order valence-corrected chi connectivity index (χ4v) is 5.32. The van der Waals surface area contributed by atoms with Crippen molar-refractivity contribution in [1.82, 2.24) is 5.01 Å². The molecule has 1 aliphatic carbocycles. The Morgan fingerprint density at radius 3 is 2.11 bits per heavy atom. The van der Waals surface area contributed by atoms with E-state index in [9.17, 15) is 4.79 Å². The van der Waals surface area contributed by atoms with Gasteiger partial charge in [-0.15, -0.1) is 0 Å². The molecule has 0 saturated heterocycles. The van der Waals surface area contributed by atoms with Crippen molar-refractivity contribution in [1.29, 1.82) is 0 Å². The van der Waals surface area contributed by atoms with Crippen molar-refractivity contribution in [3.05, 3.63) is 95.1 Å². The lowest BCUT2D eigenvalue weighted by atomic mass is 9.77. The van der Waals surface area contributed by atoms with Crippen LogP contribution in [0.15, 0.2) is 83.5 Å². The van der Waals surface area contributed by atoms with Crippen LogP contribution in [-0.4, -0.2) is 37.0 Å². The number of carbonyl (C=O) groups excluding carboxylic acids is 1. The minimum Gasteiger partial charge on any atom is -0.497 e. The van der Waals surface area contributed by atoms with Crippen molar-refractivity contribution in [2.75, 3.05) is 20.3 Å². The third-order valence-corrected chi connectivity index (χ3v) is 7.11. The number of rotatable bonds is 8. The number of methoxy groups -OCH3 is 1. The molecule has 1 aliphatic heterocycles. The van der Waals surface area contributed by atoms with Crippen LogP contribution in [-0.2, 0) is 0 Å². The van der Waals surface area contributed by atoms with Gasteiger partial charge in [-0.3, -0.25) is 4.79 Å². The van der Waals surface area contributed by atoms with Crippen molar-refractivity contribution in [3.63, 3.8) is 0 Å². The standard InChI is InChI=1S/C32H34N2O4/c1-4-37-27-15-9-22(10-16-27)21-25-7-6-8-29-30(25)33-34(32(35)24-13-17-26(36-3)18-14-24)31(29)23-11-19-28(20-12-23)38-5-2/h9-21,29,31H,4-8H2,1-3H3/b25-21+/t29-,31+/m1/s1. The maximum absolute atomic E-state index is 13.8. The third-order valence-electron chi connectivity index (χ3n) is 7.11. The van der Waals surface area contributed by atoms with Gasteiger partial charge < -0.3 is 14.2 Å². The average Bonchev–Trinajstić information content (AvgIpc) is 3.35. The van der Waals surface area contributed by atoms with E-state index in [-0.39, 0.29) is 17.9 Å². The Labute approximate surface area is 224 Å². The Morgan fingerprint density at radius 2 is 1.50 bits per heavy atom. The minimum atomic E-state index is -0.181. The van der Waals surface area contributed by atoms with Crippen molar-refractivity contribution in [2.45, 2.75) is 39.2 Å². The van der Waals surface area contributed by atoms with Crippen LogP contribution in [0, 0.1) is 5.92 Å². The molecule has 1 fully saturated rings. The van der Waals surface area contributed by atoms with Crippen LogP contribution >= 0.6 is 0 Å². The van der Waals surface area contributed by atoms with Gasteiger partial charge in [-0.2, -0.15) is 5.10 Å². The second-order valence-electron chi connectivity index (χ2n) is 9.48. The van der Waals surface area contributed by atoms with E-state index in [2.05, 4.69) is 30.3 Å². The predicted molar refractivity (Wildman–Crippen MR) is 150 cm³/mol. The van der Waals surface area contributed by atoms with E-state index in [1.54, 1.807) is 24.3 Å². The summed E-state index contributed by atoms with van der Waals surface area (Å²) in [4.78, 5) is 13.8. The van der Waals surface area contributed by atoms with E-state index < -0.39 is 0 Å². The van der Waals surface area contributed by atoms with Crippen molar-refractivity contribution in [3.8, 4) is 17.2 Å². The highest BCUT2D eigenvalue weighted by molar-refractivity contribution is 6.09. The first-order chi connectivity index (χ1) is 18.6. The molecule has 6 heteroatoms. The lowest BCUT2D eigenvalue weighted by Gasteiger charge is -2.30. The van der Waals surface area contributed by atoms with E-state index in [0.717, 1.165) is 47.6 Å². The first-order valence-corrected chi connectivity index (χ1v) is 13.3. The molecule has 3 aromatic rings. The van der Waals surface area contributed by atoms with Crippen LogP contribution in [0.4, 0.5) is 0 Å². The lowest BCUT2D eigenvalue weighted by molar-refractivity contribution is 0.0681. The van der Waals surface area contributed by atoms with Gasteiger partial charge in [-0.05, 0) is 104 Å². The smallest absolute Gasteiger partial charge is 0.274 e. The fourth-order valence-electron chi connectivity index (χ4n) is 5.32. The second kappa shape index (κ2) is 11.5. The third kappa shape index (κ3) is 5.30. The van der Waals surface area contributed by atoms with Gasteiger partial charge in [0.2, 0.25) is 0 Å². The van der Waals surface area contributed by atoms with E-state index in [1.165, 1.54) is 5.57 Å². The normalized spacial score (nSPS) is 19.6. The molecule has 2 aliphatic rings. The van der Waals surface area contributed by atoms with Crippen LogP contribution in [0.1, 0.15) is 60.6 Å². The summed E-state index contributed by atoms with van der Waals surface area (Å²) in [6.07, 6.45) is 5.16. The molecule has 0 radical (unpaired) electrons. The monoisotopic (exact) mass is 510 g/mol. The minimum absolute atomic E-state index is 0.117. The summed E-state index contributed by atoms with van der Waals surface area (Å²) in [7, 11) is 1.62. The molecule has 0 bridgehead atoms. The Morgan fingerprint density at radius 1 is 0.895 bits per heavy atom. The molecule has 5 rings (SSSR count). The summed E-state index contributed by atoms with van der Waals surface area (Å²) < 4.78 is 16.5. The Bertz CT molecular complexity index is 1310. The second-order valence-corrected chi connectivity index (χ2v) is 9.48. The highest BCUT2D eigenvalue weighted by atomic mass is 16.5. The quantitative estimate of drug-likeness (QED) is 0.330. The number of nitrogens with zero attached hydrogens (tertiary/aromatic N) is 2. The molecule has 1 heterocycles. The number of hydrazone groups is 1. The molecule has 3 aromatic carbocycles. The number of allylic oxidation sites excluding steroid dienone is 1. The molecule has 0 spiro atoms. The van der Waals surface area contributed by atoms with Crippen molar-refractivity contribution in [2.24, 2.45) is 11.0 Å². The van der Waals surface area contributed by atoms with Gasteiger partial charge in [0.15, 0.2) is 0 Å². The number of hydrogen-bond donors (Lipinski definition) is 0. The van der Waals surface area contributed by atoms with Gasteiger partial charge in [0.1, 0.15) is 17.2 Å². The van der Waals surface area contributed by atoms with Crippen LogP contribution < -0.4 is 14.2 Å². The molecular weight excluding hydrogens is 476 g/mol. The van der Waals surface area contributed by atoms with Gasteiger partial charge in [-0.1, -0.05) is 24.3 Å². The summed E-state index contributed by atoms with van der Waals surface area (Å²) in [6, 6.07) is 23.3. The number of hydrogen-bond acceptors (Lipinski definition) is 5. The number of carbonyl (C=O) groups is 1. The van der Waals surface area contributed by atoms with Crippen LogP contribution in [0.5, 0.6) is 17.2 Å². The summed E-state index contributed by atoms with van der Waals surface area (Å²) in [5, 5.41) is 6.70. The van der Waals surface area contributed by atoms with Crippen molar-refractivity contribution >= 4 is 17.7 Å². The molecule has 196 valence electrons. The number of amides is 1. The molecule has 0 unspecified atom stereocenters. The largest absolute Gasteiger partial charge is 0.497 e. The summed E-state index contributed by atoms with van der Waals surface area (Å²) in [5.74, 6) is 2.41. The van der Waals surface area contributed by atoms with Gasteiger partial charge in [0.25, 0.3) is 5.91 Å². The van der Waals surface area contributed by atoms with E-state index in [4.69, 9.17) is 19.3 Å². The van der Waals surface area contributed by atoms with E-state index in [1.807, 2.05) is 50.2 Å². The maximum Gasteiger partial charge on any atom is 0.274 e. The fraction of sp³-hybridized carbons (Fsp3) is 0.312. The van der Waals surface area contributed by atoms with Crippen molar-refractivity contribution < 1.29 is 19.0 Å². The molecule has 6 nitrogen and oxygen atoms in total. The first-order valence-electron chi connectivity index (χ1n) is 13.3. The zero-order chi connectivity index (χ0) is 26.5. The topological polar surface area (TPSA) is 60.4 Å². The Balaban J connectivity index is 1.51. The van der Waals surface area contributed by atoms with Crippen LogP contribution in [0.25, 0.3) is 6.08 Å². The molecular formula is C32H34N2O4. The number of fused-ring (bicyclic) bond motifs is 1. The van der Waals surface area contributed by atoms with Gasteiger partial charge in [-0.25, -0.2) is 5.01 Å². The van der Waals surface area contributed by atoms with Crippen LogP contribution in [0.2, 0.25) is 0 Å². The Kier molecular flexibility index (Phi) is 7.78. The molecule has 1 amide bonds. The van der Waals surface area contributed by atoms with E-state index >= 15 is 0 Å². The number of benzene rings is 3. The SMILES string of the molecule is CCOc1ccc(/C=C2\CCC[C@@H]3C2=NN(C(=O)c2ccc(OC)cc2)[C@H]3c2ccc(OCC)cc2)cc1.